The number of hydrogen-bond acceptors (Lipinski definition) is 4. The van der Waals surface area contributed by atoms with E-state index in [0.29, 0.717) is 17.1 Å². The summed E-state index contributed by atoms with van der Waals surface area (Å²) in [5, 5.41) is 3.49. The van der Waals surface area contributed by atoms with Gasteiger partial charge in [0.1, 0.15) is 10.8 Å². The van der Waals surface area contributed by atoms with Crippen LogP contribution in [0.3, 0.4) is 0 Å². The molecule has 3 heterocycles. The van der Waals surface area contributed by atoms with Crippen LogP contribution in [0.15, 0.2) is 58.5 Å². The third-order valence-electron chi connectivity index (χ3n) is 4.36. The summed E-state index contributed by atoms with van der Waals surface area (Å²) < 4.78 is 7.47. The van der Waals surface area contributed by atoms with E-state index in [-0.39, 0.29) is 0 Å². The van der Waals surface area contributed by atoms with Gasteiger partial charge in [0, 0.05) is 21.7 Å². The Morgan fingerprint density at radius 3 is 2.85 bits per heavy atom. The summed E-state index contributed by atoms with van der Waals surface area (Å²) in [6, 6.07) is 13.1. The van der Waals surface area contributed by atoms with Crippen LogP contribution in [0.1, 0.15) is 21.8 Å². The molecule has 1 aromatic carbocycles. The highest BCUT2D eigenvalue weighted by molar-refractivity contribution is 7.13. The van der Waals surface area contributed by atoms with Gasteiger partial charge in [0.25, 0.3) is 5.91 Å². The summed E-state index contributed by atoms with van der Waals surface area (Å²) in [6.07, 6.45) is 1.63. The molecule has 7 heteroatoms. The lowest BCUT2D eigenvalue weighted by Crippen LogP contribution is -2.12. The van der Waals surface area contributed by atoms with Gasteiger partial charge in [-0.2, -0.15) is 0 Å². The van der Waals surface area contributed by atoms with Gasteiger partial charge in [0.15, 0.2) is 0 Å². The van der Waals surface area contributed by atoms with Crippen molar-refractivity contribution in [1.82, 2.24) is 9.55 Å². The molecule has 2 N–H and O–H groups in total. The molecule has 0 saturated carbocycles. The second kappa shape index (κ2) is 7.06. The smallest absolute Gasteiger partial charge is 0.250 e. The van der Waals surface area contributed by atoms with Crippen molar-refractivity contribution in [3.63, 3.8) is 0 Å². The molecule has 27 heavy (non-hydrogen) atoms. The molecular weight excluding hydrogens is 382 g/mol. The molecule has 0 fully saturated rings. The van der Waals surface area contributed by atoms with Crippen LogP contribution in [-0.2, 0) is 6.54 Å². The number of carbonyl (C=O) groups is 1. The minimum Gasteiger partial charge on any atom is -0.467 e. The quantitative estimate of drug-likeness (QED) is 0.516. The second-order valence-electron chi connectivity index (χ2n) is 6.11. The number of thiazole rings is 1. The summed E-state index contributed by atoms with van der Waals surface area (Å²) in [7, 11) is 0. The lowest BCUT2D eigenvalue weighted by Gasteiger charge is -2.09. The SMILES string of the molecule is Cc1c(C(N)=O)cc(-c2csc(-c3cccc(Cl)c3)n2)n1Cc1ccco1. The minimum absolute atomic E-state index is 0.461. The number of aromatic nitrogens is 2. The Morgan fingerprint density at radius 2 is 2.15 bits per heavy atom. The van der Waals surface area contributed by atoms with Crippen molar-refractivity contribution < 1.29 is 9.21 Å². The molecule has 0 spiro atoms. The van der Waals surface area contributed by atoms with Gasteiger partial charge in [-0.15, -0.1) is 11.3 Å². The highest BCUT2D eigenvalue weighted by atomic mass is 35.5. The number of carbonyl (C=O) groups excluding carboxylic acids is 1. The molecule has 4 rings (SSSR count). The van der Waals surface area contributed by atoms with Crippen molar-refractivity contribution >= 4 is 28.8 Å². The van der Waals surface area contributed by atoms with Gasteiger partial charge in [-0.25, -0.2) is 4.98 Å². The molecule has 3 aromatic heterocycles. The molecule has 5 nitrogen and oxygen atoms in total. The lowest BCUT2D eigenvalue weighted by atomic mass is 10.2. The highest BCUT2D eigenvalue weighted by Crippen LogP contribution is 2.32. The van der Waals surface area contributed by atoms with Gasteiger partial charge in [-0.1, -0.05) is 23.7 Å². The van der Waals surface area contributed by atoms with Gasteiger partial charge in [-0.3, -0.25) is 4.79 Å². The average molecular weight is 398 g/mol. The van der Waals surface area contributed by atoms with Crippen LogP contribution >= 0.6 is 22.9 Å². The van der Waals surface area contributed by atoms with E-state index in [1.807, 2.05) is 53.3 Å². The molecule has 0 saturated heterocycles. The van der Waals surface area contributed by atoms with Crippen molar-refractivity contribution in [1.29, 1.82) is 0 Å². The molecule has 0 atom stereocenters. The van der Waals surface area contributed by atoms with E-state index in [1.165, 1.54) is 11.3 Å². The number of furan rings is 1. The number of amides is 1. The first-order valence-electron chi connectivity index (χ1n) is 8.27. The first-order chi connectivity index (χ1) is 13.0. The molecule has 1 amide bonds. The number of halogens is 1. The van der Waals surface area contributed by atoms with Gasteiger partial charge >= 0.3 is 0 Å². The number of primary amides is 1. The standard InChI is InChI=1S/C20H16ClN3O2S/c1-12-16(19(22)25)9-18(24(12)10-15-6-3-7-26-15)17-11-27-20(23-17)13-4-2-5-14(21)8-13/h2-9,11H,10H2,1H3,(H2,22,25). The van der Waals surface area contributed by atoms with Crippen molar-refractivity contribution in [2.75, 3.05) is 0 Å². The predicted octanol–water partition coefficient (Wildman–Crippen LogP) is 4.98. The lowest BCUT2D eigenvalue weighted by molar-refractivity contribution is 0.0999. The molecule has 0 bridgehead atoms. The van der Waals surface area contributed by atoms with Crippen molar-refractivity contribution in [2.45, 2.75) is 13.5 Å². The maximum absolute atomic E-state index is 11.8. The maximum atomic E-state index is 11.8. The van der Waals surface area contributed by atoms with Crippen molar-refractivity contribution in [2.24, 2.45) is 5.73 Å². The van der Waals surface area contributed by atoms with Crippen LogP contribution in [0.25, 0.3) is 22.0 Å². The largest absolute Gasteiger partial charge is 0.467 e. The Bertz CT molecular complexity index is 1110. The van der Waals surface area contributed by atoms with Crippen molar-refractivity contribution in [3.8, 4) is 22.0 Å². The monoisotopic (exact) mass is 397 g/mol. The van der Waals surface area contributed by atoms with Crippen LogP contribution in [-0.4, -0.2) is 15.5 Å². The zero-order valence-electron chi connectivity index (χ0n) is 14.5. The first-order valence-corrected chi connectivity index (χ1v) is 9.53. The van der Waals surface area contributed by atoms with Crippen LogP contribution in [0.4, 0.5) is 0 Å². The number of benzene rings is 1. The van der Waals surface area contributed by atoms with Gasteiger partial charge in [-0.05, 0) is 37.3 Å². The van der Waals surface area contributed by atoms with Gasteiger partial charge in [0.05, 0.1) is 29.8 Å². The predicted molar refractivity (Wildman–Crippen MR) is 107 cm³/mol. The Hall–Kier alpha value is -2.83. The molecule has 4 aromatic rings. The zero-order valence-corrected chi connectivity index (χ0v) is 16.1. The van der Waals surface area contributed by atoms with E-state index < -0.39 is 5.91 Å². The summed E-state index contributed by atoms with van der Waals surface area (Å²) in [5.74, 6) is 0.327. The fourth-order valence-corrected chi connectivity index (χ4v) is 4.02. The van der Waals surface area contributed by atoms with E-state index in [1.54, 1.807) is 12.3 Å². The molecular formula is C20H16ClN3O2S. The Labute approximate surface area is 165 Å². The van der Waals surface area contributed by atoms with Crippen LogP contribution in [0, 0.1) is 6.92 Å². The van der Waals surface area contributed by atoms with E-state index in [4.69, 9.17) is 26.7 Å². The van der Waals surface area contributed by atoms with E-state index >= 15 is 0 Å². The van der Waals surface area contributed by atoms with E-state index in [2.05, 4.69) is 0 Å². The van der Waals surface area contributed by atoms with Crippen LogP contribution in [0.2, 0.25) is 5.02 Å². The number of rotatable bonds is 5. The second-order valence-corrected chi connectivity index (χ2v) is 7.40. The molecule has 0 radical (unpaired) electrons. The Balaban J connectivity index is 1.79. The molecule has 0 unspecified atom stereocenters. The van der Waals surface area contributed by atoms with Crippen molar-refractivity contribution in [3.05, 3.63) is 76.1 Å². The summed E-state index contributed by atoms with van der Waals surface area (Å²) in [5.41, 5.74) is 9.37. The molecule has 136 valence electrons. The summed E-state index contributed by atoms with van der Waals surface area (Å²) >= 11 is 7.62. The maximum Gasteiger partial charge on any atom is 0.250 e. The third kappa shape index (κ3) is 3.41. The zero-order chi connectivity index (χ0) is 19.0. The third-order valence-corrected chi connectivity index (χ3v) is 5.49. The number of hydrogen-bond donors (Lipinski definition) is 1. The fraction of sp³-hybridized carbons (Fsp3) is 0.100. The summed E-state index contributed by atoms with van der Waals surface area (Å²) in [4.78, 5) is 16.6. The Kier molecular flexibility index (Phi) is 4.59. The number of nitrogens with zero attached hydrogens (tertiary/aromatic N) is 2. The average Bonchev–Trinajstić information content (AvgIpc) is 3.37. The van der Waals surface area contributed by atoms with E-state index in [9.17, 15) is 4.79 Å². The topological polar surface area (TPSA) is 74.1 Å². The Morgan fingerprint density at radius 1 is 1.30 bits per heavy atom. The summed E-state index contributed by atoms with van der Waals surface area (Å²) in [6.45, 7) is 2.36. The van der Waals surface area contributed by atoms with Crippen LogP contribution < -0.4 is 5.73 Å². The normalized spacial score (nSPS) is 11.0. The molecule has 0 aliphatic rings. The number of nitrogens with two attached hydrogens (primary N) is 1. The minimum atomic E-state index is -0.461. The fourth-order valence-electron chi connectivity index (χ4n) is 3.01. The van der Waals surface area contributed by atoms with Crippen LogP contribution in [0.5, 0.6) is 0 Å². The van der Waals surface area contributed by atoms with Gasteiger partial charge < -0.3 is 14.7 Å². The molecule has 0 aliphatic carbocycles. The first kappa shape index (κ1) is 17.6. The molecule has 0 aliphatic heterocycles. The highest BCUT2D eigenvalue weighted by Gasteiger charge is 2.19. The van der Waals surface area contributed by atoms with E-state index in [0.717, 1.165) is 33.4 Å². The van der Waals surface area contributed by atoms with Gasteiger partial charge in [0.2, 0.25) is 0 Å².